The largest absolute Gasteiger partial charge is 0.390 e. The lowest BCUT2D eigenvalue weighted by Crippen LogP contribution is -2.53. The quantitative estimate of drug-likeness (QED) is 0.771. The zero-order valence-electron chi connectivity index (χ0n) is 14.7. The number of methoxy groups -OCH3 is 1. The third-order valence-electron chi connectivity index (χ3n) is 4.34. The lowest BCUT2D eigenvalue weighted by atomic mass is 10.0. The third kappa shape index (κ3) is 4.81. The van der Waals surface area contributed by atoms with Crippen molar-refractivity contribution in [2.24, 2.45) is 0 Å². The molecule has 1 saturated heterocycles. The number of aliphatic hydroxyl groups excluding tert-OH is 1. The van der Waals surface area contributed by atoms with Crippen molar-refractivity contribution in [2.45, 2.75) is 31.7 Å². The van der Waals surface area contributed by atoms with Gasteiger partial charge in [-0.1, -0.05) is 0 Å². The van der Waals surface area contributed by atoms with Crippen LogP contribution < -0.4 is 5.32 Å². The van der Waals surface area contributed by atoms with Gasteiger partial charge in [-0.15, -0.1) is 0 Å². The van der Waals surface area contributed by atoms with Crippen molar-refractivity contribution >= 4 is 5.91 Å². The van der Waals surface area contributed by atoms with E-state index in [0.29, 0.717) is 37.5 Å². The molecule has 1 fully saturated rings. The van der Waals surface area contributed by atoms with Crippen molar-refractivity contribution in [2.75, 3.05) is 20.2 Å². The Morgan fingerprint density at radius 1 is 1.38 bits per heavy atom. The van der Waals surface area contributed by atoms with E-state index in [9.17, 15) is 9.90 Å². The number of pyridine rings is 1. The number of amides is 1. The molecule has 138 valence electrons. The van der Waals surface area contributed by atoms with E-state index in [4.69, 9.17) is 4.74 Å². The second kappa shape index (κ2) is 8.79. The molecule has 2 aromatic rings. The number of aliphatic hydroxyl groups is 1. The fraction of sp³-hybridized carbons (Fsp3) is 0.444. The minimum atomic E-state index is -0.627. The van der Waals surface area contributed by atoms with Crippen molar-refractivity contribution in [3.63, 3.8) is 0 Å². The van der Waals surface area contributed by atoms with Crippen LogP contribution in [0.5, 0.6) is 0 Å². The fourth-order valence-corrected chi connectivity index (χ4v) is 2.98. The minimum absolute atomic E-state index is 0.210. The van der Waals surface area contributed by atoms with Crippen LogP contribution in [-0.2, 0) is 17.9 Å². The Bertz CT molecular complexity index is 711. The normalized spacial score (nSPS) is 20.7. The molecular formula is C18H23N5O3. The number of nitrogens with zero attached hydrogens (tertiary/aromatic N) is 4. The highest BCUT2D eigenvalue weighted by Gasteiger charge is 2.29. The van der Waals surface area contributed by atoms with E-state index < -0.39 is 6.10 Å². The first-order valence-electron chi connectivity index (χ1n) is 8.55. The lowest BCUT2D eigenvalue weighted by Gasteiger charge is -2.36. The maximum atomic E-state index is 12.2. The Labute approximate surface area is 152 Å². The van der Waals surface area contributed by atoms with Crippen molar-refractivity contribution < 1.29 is 14.6 Å². The molecule has 8 nitrogen and oxygen atoms in total. The number of hydrogen-bond acceptors (Lipinski definition) is 7. The van der Waals surface area contributed by atoms with E-state index in [-0.39, 0.29) is 11.9 Å². The maximum Gasteiger partial charge on any atom is 0.253 e. The summed E-state index contributed by atoms with van der Waals surface area (Å²) in [5, 5.41) is 13.3. The number of likely N-dealkylation sites (tertiary alicyclic amines) is 1. The molecule has 1 amide bonds. The number of carbonyl (C=O) groups excluding carboxylic acids is 1. The molecule has 0 aliphatic carbocycles. The van der Waals surface area contributed by atoms with E-state index in [2.05, 4.69) is 25.2 Å². The van der Waals surface area contributed by atoms with E-state index in [1.165, 1.54) is 6.20 Å². The molecule has 2 atom stereocenters. The number of aromatic nitrogens is 3. The number of piperidine rings is 1. The number of rotatable bonds is 6. The Morgan fingerprint density at radius 2 is 2.19 bits per heavy atom. The average Bonchev–Trinajstić information content (AvgIpc) is 2.66. The molecule has 2 aromatic heterocycles. The second-order valence-corrected chi connectivity index (χ2v) is 6.35. The number of ether oxygens (including phenoxy) is 1. The minimum Gasteiger partial charge on any atom is -0.390 e. The van der Waals surface area contributed by atoms with Gasteiger partial charge in [-0.2, -0.15) is 0 Å². The molecular weight excluding hydrogens is 334 g/mol. The molecule has 0 spiro atoms. The van der Waals surface area contributed by atoms with Gasteiger partial charge in [-0.25, -0.2) is 9.97 Å². The molecule has 1 aliphatic rings. The molecule has 26 heavy (non-hydrogen) atoms. The monoisotopic (exact) mass is 357 g/mol. The van der Waals surface area contributed by atoms with Crippen LogP contribution in [0.25, 0.3) is 0 Å². The maximum absolute atomic E-state index is 12.2. The Hall–Kier alpha value is -2.42. The van der Waals surface area contributed by atoms with Gasteiger partial charge in [0, 0.05) is 57.1 Å². The van der Waals surface area contributed by atoms with E-state index in [0.717, 1.165) is 12.1 Å². The third-order valence-corrected chi connectivity index (χ3v) is 4.34. The van der Waals surface area contributed by atoms with Gasteiger partial charge in [0.1, 0.15) is 6.61 Å². The van der Waals surface area contributed by atoms with Crippen molar-refractivity contribution in [3.05, 3.63) is 53.9 Å². The lowest BCUT2D eigenvalue weighted by molar-refractivity contribution is 0.0348. The molecule has 1 aliphatic heterocycles. The highest BCUT2D eigenvalue weighted by Crippen LogP contribution is 2.15. The van der Waals surface area contributed by atoms with Crippen molar-refractivity contribution in [3.8, 4) is 0 Å². The summed E-state index contributed by atoms with van der Waals surface area (Å²) in [5.74, 6) is 0.436. The second-order valence-electron chi connectivity index (χ2n) is 6.35. The molecule has 2 N–H and O–H groups in total. The van der Waals surface area contributed by atoms with E-state index >= 15 is 0 Å². The van der Waals surface area contributed by atoms with Gasteiger partial charge >= 0.3 is 0 Å². The molecule has 3 rings (SSSR count). The van der Waals surface area contributed by atoms with Crippen LogP contribution in [0.1, 0.15) is 28.2 Å². The average molecular weight is 357 g/mol. The number of β-amino-alcohol motifs (C(OH)–C–C–N with tert-alkyl or cyclic N) is 1. The summed E-state index contributed by atoms with van der Waals surface area (Å²) >= 11 is 0. The SMILES string of the molecule is COCc1ncc(CN2CC[C@@H](NC(=O)c3cccnc3)[C@H](O)C2)cn1. The van der Waals surface area contributed by atoms with Crippen LogP contribution in [-0.4, -0.2) is 63.2 Å². The van der Waals surface area contributed by atoms with Crippen LogP contribution in [0.15, 0.2) is 36.9 Å². The molecule has 0 saturated carbocycles. The summed E-state index contributed by atoms with van der Waals surface area (Å²) < 4.78 is 5.00. The van der Waals surface area contributed by atoms with Crippen LogP contribution in [0.3, 0.4) is 0 Å². The standard InChI is InChI=1S/C18H23N5O3/c1-26-12-17-20-7-13(8-21-17)10-23-6-4-15(16(24)11-23)22-18(25)14-3-2-5-19-9-14/h2-3,5,7-9,15-16,24H,4,6,10-12H2,1H3,(H,22,25)/t15-,16-/m1/s1. The summed E-state index contributed by atoms with van der Waals surface area (Å²) in [6, 6.07) is 3.16. The summed E-state index contributed by atoms with van der Waals surface area (Å²) in [7, 11) is 1.61. The van der Waals surface area contributed by atoms with Gasteiger partial charge < -0.3 is 15.2 Å². The predicted octanol–water partition coefficient (Wildman–Crippen LogP) is 0.383. The Kier molecular flexibility index (Phi) is 6.21. The molecule has 0 aromatic carbocycles. The number of hydrogen-bond donors (Lipinski definition) is 2. The van der Waals surface area contributed by atoms with Crippen molar-refractivity contribution in [1.29, 1.82) is 0 Å². The van der Waals surface area contributed by atoms with Gasteiger partial charge in [0.25, 0.3) is 5.91 Å². The van der Waals surface area contributed by atoms with Gasteiger partial charge in [0.15, 0.2) is 5.82 Å². The first-order valence-corrected chi connectivity index (χ1v) is 8.55. The predicted molar refractivity (Wildman–Crippen MR) is 94.1 cm³/mol. The summed E-state index contributed by atoms with van der Waals surface area (Å²) in [4.78, 5) is 26.8. The molecule has 0 bridgehead atoms. The van der Waals surface area contributed by atoms with Gasteiger partial charge in [-0.05, 0) is 18.6 Å². The fourth-order valence-electron chi connectivity index (χ4n) is 2.98. The van der Waals surface area contributed by atoms with Gasteiger partial charge in [0.2, 0.25) is 0 Å². The highest BCUT2D eigenvalue weighted by atomic mass is 16.5. The number of carbonyl (C=O) groups is 1. The van der Waals surface area contributed by atoms with Crippen LogP contribution in [0.2, 0.25) is 0 Å². The zero-order valence-corrected chi connectivity index (χ0v) is 14.7. The first kappa shape index (κ1) is 18.4. The first-order chi connectivity index (χ1) is 12.7. The number of nitrogens with one attached hydrogen (secondary N) is 1. The molecule has 3 heterocycles. The van der Waals surface area contributed by atoms with Gasteiger partial charge in [0.05, 0.1) is 17.7 Å². The van der Waals surface area contributed by atoms with Crippen molar-refractivity contribution in [1.82, 2.24) is 25.2 Å². The summed E-state index contributed by atoms with van der Waals surface area (Å²) in [6.07, 6.45) is 6.75. The van der Waals surface area contributed by atoms with Gasteiger partial charge in [-0.3, -0.25) is 14.7 Å². The highest BCUT2D eigenvalue weighted by molar-refractivity contribution is 5.94. The van der Waals surface area contributed by atoms with Crippen LogP contribution in [0.4, 0.5) is 0 Å². The zero-order chi connectivity index (χ0) is 18.4. The molecule has 8 heteroatoms. The van der Waals surface area contributed by atoms with Crippen LogP contribution in [0, 0.1) is 0 Å². The molecule has 0 radical (unpaired) electrons. The Balaban J connectivity index is 1.51. The molecule has 0 unspecified atom stereocenters. The van der Waals surface area contributed by atoms with E-state index in [1.54, 1.807) is 37.8 Å². The Morgan fingerprint density at radius 3 is 2.85 bits per heavy atom. The van der Waals surface area contributed by atoms with Crippen LogP contribution >= 0.6 is 0 Å². The smallest absolute Gasteiger partial charge is 0.253 e. The van der Waals surface area contributed by atoms with E-state index in [1.807, 2.05) is 0 Å². The topological polar surface area (TPSA) is 100 Å². The summed E-state index contributed by atoms with van der Waals surface area (Å²) in [6.45, 7) is 2.31. The summed E-state index contributed by atoms with van der Waals surface area (Å²) in [5.41, 5.74) is 1.48.